The van der Waals surface area contributed by atoms with Gasteiger partial charge in [-0.2, -0.15) is 0 Å². The van der Waals surface area contributed by atoms with Crippen LogP contribution in [0.5, 0.6) is 0 Å². The number of fused-ring (bicyclic) bond motifs is 1. The quantitative estimate of drug-likeness (QED) is 0.530. The zero-order chi connectivity index (χ0) is 18.7. The summed E-state index contributed by atoms with van der Waals surface area (Å²) in [6, 6.07) is 12.3. The van der Waals surface area contributed by atoms with E-state index in [1.165, 1.54) is 18.4 Å². The Balaban J connectivity index is 1.71. The molecule has 8 heteroatoms. The van der Waals surface area contributed by atoms with Crippen LogP contribution in [0.4, 0.5) is 5.13 Å². The van der Waals surface area contributed by atoms with Crippen LogP contribution in [0.1, 0.15) is 26.3 Å². The highest BCUT2D eigenvalue weighted by Crippen LogP contribution is 2.27. The van der Waals surface area contributed by atoms with Crippen LogP contribution in [0.3, 0.4) is 0 Å². The van der Waals surface area contributed by atoms with Crippen molar-refractivity contribution in [1.29, 1.82) is 0 Å². The number of rotatable bonds is 3. The average Bonchev–Trinajstić information content (AvgIpc) is 3.01. The molecule has 132 valence electrons. The lowest BCUT2D eigenvalue weighted by atomic mass is 10.1. The number of aromatic nitrogens is 1. The summed E-state index contributed by atoms with van der Waals surface area (Å²) in [5.74, 6) is -0.698. The Morgan fingerprint density at radius 3 is 2.69 bits per heavy atom. The van der Waals surface area contributed by atoms with E-state index in [-0.39, 0.29) is 11.0 Å². The summed E-state index contributed by atoms with van der Waals surface area (Å²) in [6.45, 7) is 1.91. The van der Waals surface area contributed by atoms with Gasteiger partial charge in [0.15, 0.2) is 10.2 Å². The summed E-state index contributed by atoms with van der Waals surface area (Å²) in [5.41, 5.74) is 2.69. The number of carbonyl (C=O) groups excluding carboxylic acids is 2. The Morgan fingerprint density at radius 2 is 1.96 bits per heavy atom. The number of esters is 1. The zero-order valence-electron chi connectivity index (χ0n) is 14.0. The maximum absolute atomic E-state index is 12.2. The molecule has 1 heterocycles. The van der Waals surface area contributed by atoms with Crippen LogP contribution in [-0.4, -0.2) is 29.1 Å². The minimum Gasteiger partial charge on any atom is -0.465 e. The van der Waals surface area contributed by atoms with Crippen molar-refractivity contribution < 1.29 is 14.3 Å². The number of aryl methyl sites for hydroxylation is 1. The van der Waals surface area contributed by atoms with Crippen LogP contribution < -0.4 is 10.6 Å². The largest absolute Gasteiger partial charge is 0.465 e. The van der Waals surface area contributed by atoms with Crippen LogP contribution in [0.25, 0.3) is 10.2 Å². The van der Waals surface area contributed by atoms with Crippen LogP contribution in [0.2, 0.25) is 0 Å². The van der Waals surface area contributed by atoms with Crippen molar-refractivity contribution in [3.05, 3.63) is 59.2 Å². The number of methoxy groups -OCH3 is 1. The average molecular weight is 385 g/mol. The third-order valence-corrected chi connectivity index (χ3v) is 4.68. The third kappa shape index (κ3) is 4.04. The number of benzene rings is 2. The Hall–Kier alpha value is -2.84. The number of thiocarbonyl (C=S) groups is 1. The van der Waals surface area contributed by atoms with Gasteiger partial charge in [0.1, 0.15) is 0 Å². The monoisotopic (exact) mass is 385 g/mol. The molecule has 3 aromatic rings. The molecule has 3 rings (SSSR count). The Labute approximate surface area is 159 Å². The molecule has 1 aromatic heterocycles. The highest BCUT2D eigenvalue weighted by molar-refractivity contribution is 7.80. The van der Waals surface area contributed by atoms with Gasteiger partial charge in [-0.15, -0.1) is 0 Å². The molecule has 0 fully saturated rings. The second-order valence-electron chi connectivity index (χ2n) is 5.47. The predicted molar refractivity (Wildman–Crippen MR) is 106 cm³/mol. The van der Waals surface area contributed by atoms with Gasteiger partial charge < -0.3 is 10.1 Å². The Morgan fingerprint density at radius 1 is 1.15 bits per heavy atom. The smallest absolute Gasteiger partial charge is 0.337 e. The number of nitrogens with one attached hydrogen (secondary N) is 2. The van der Waals surface area contributed by atoms with E-state index in [0.717, 1.165) is 15.8 Å². The fourth-order valence-electron chi connectivity index (χ4n) is 2.31. The van der Waals surface area contributed by atoms with Crippen molar-refractivity contribution in [3.8, 4) is 0 Å². The minimum absolute atomic E-state index is 0.156. The number of thiazole rings is 1. The number of hydrogen-bond donors (Lipinski definition) is 2. The van der Waals surface area contributed by atoms with E-state index < -0.39 is 5.97 Å². The molecule has 0 atom stereocenters. The number of hydrogen-bond acceptors (Lipinski definition) is 6. The Kier molecular flexibility index (Phi) is 5.24. The van der Waals surface area contributed by atoms with E-state index in [0.29, 0.717) is 16.3 Å². The van der Waals surface area contributed by atoms with E-state index >= 15 is 0 Å². The van der Waals surface area contributed by atoms with Gasteiger partial charge >= 0.3 is 5.97 Å². The van der Waals surface area contributed by atoms with E-state index in [1.54, 1.807) is 30.3 Å². The third-order valence-electron chi connectivity index (χ3n) is 3.54. The fourth-order valence-corrected chi connectivity index (χ4v) is 3.48. The first-order chi connectivity index (χ1) is 12.5. The lowest BCUT2D eigenvalue weighted by Crippen LogP contribution is -2.34. The molecule has 0 aliphatic carbocycles. The molecule has 0 unspecified atom stereocenters. The maximum Gasteiger partial charge on any atom is 0.337 e. The SMILES string of the molecule is COC(=O)c1ccc2nc(NC(=S)NC(=O)c3cccc(C)c3)sc2c1. The van der Waals surface area contributed by atoms with Gasteiger partial charge in [0.05, 0.1) is 22.9 Å². The summed E-state index contributed by atoms with van der Waals surface area (Å²) in [4.78, 5) is 28.2. The van der Waals surface area contributed by atoms with Crippen molar-refractivity contribution in [2.24, 2.45) is 0 Å². The Bertz CT molecular complexity index is 1010. The number of anilines is 1. The van der Waals surface area contributed by atoms with Crippen molar-refractivity contribution in [2.45, 2.75) is 6.92 Å². The maximum atomic E-state index is 12.2. The van der Waals surface area contributed by atoms with Gasteiger partial charge in [0.25, 0.3) is 5.91 Å². The van der Waals surface area contributed by atoms with Gasteiger partial charge in [0.2, 0.25) is 0 Å². The molecule has 0 radical (unpaired) electrons. The van der Waals surface area contributed by atoms with Crippen molar-refractivity contribution in [3.63, 3.8) is 0 Å². The van der Waals surface area contributed by atoms with Crippen molar-refractivity contribution >= 4 is 55.9 Å². The van der Waals surface area contributed by atoms with Gasteiger partial charge in [-0.1, -0.05) is 29.0 Å². The molecule has 26 heavy (non-hydrogen) atoms. The van der Waals surface area contributed by atoms with Crippen LogP contribution >= 0.6 is 23.6 Å². The molecule has 1 amide bonds. The van der Waals surface area contributed by atoms with Crippen molar-refractivity contribution in [1.82, 2.24) is 10.3 Å². The lowest BCUT2D eigenvalue weighted by molar-refractivity contribution is 0.0601. The highest BCUT2D eigenvalue weighted by Gasteiger charge is 2.12. The zero-order valence-corrected chi connectivity index (χ0v) is 15.7. The van der Waals surface area contributed by atoms with E-state index in [4.69, 9.17) is 17.0 Å². The van der Waals surface area contributed by atoms with Gasteiger partial charge in [0, 0.05) is 5.56 Å². The molecule has 0 saturated heterocycles. The van der Waals surface area contributed by atoms with E-state index in [1.807, 2.05) is 19.1 Å². The molecule has 2 N–H and O–H groups in total. The van der Waals surface area contributed by atoms with E-state index in [2.05, 4.69) is 15.6 Å². The number of carbonyl (C=O) groups is 2. The van der Waals surface area contributed by atoms with Crippen LogP contribution in [0.15, 0.2) is 42.5 Å². The summed E-state index contributed by atoms with van der Waals surface area (Å²) in [5, 5.41) is 6.21. The predicted octanol–water partition coefficient (Wildman–Crippen LogP) is 3.52. The second kappa shape index (κ2) is 7.59. The summed E-state index contributed by atoms with van der Waals surface area (Å²) >= 11 is 6.51. The standard InChI is InChI=1S/C18H15N3O3S2/c1-10-4-3-5-11(8-10)15(22)20-17(25)21-18-19-13-7-6-12(16(23)24-2)9-14(13)26-18/h3-9H,1-2H3,(H2,19,20,21,22,25). The van der Waals surface area contributed by atoms with Gasteiger partial charge in [-0.25, -0.2) is 9.78 Å². The number of ether oxygens (including phenoxy) is 1. The normalized spacial score (nSPS) is 10.4. The lowest BCUT2D eigenvalue weighted by Gasteiger charge is -2.07. The topological polar surface area (TPSA) is 80.3 Å². The molecule has 0 bridgehead atoms. The van der Waals surface area contributed by atoms with Gasteiger partial charge in [-0.3, -0.25) is 10.1 Å². The first-order valence-corrected chi connectivity index (χ1v) is 8.86. The van der Waals surface area contributed by atoms with Crippen LogP contribution in [0, 0.1) is 6.92 Å². The molecule has 0 spiro atoms. The second-order valence-corrected chi connectivity index (χ2v) is 6.91. The molecular weight excluding hydrogens is 370 g/mol. The summed E-state index contributed by atoms with van der Waals surface area (Å²) in [7, 11) is 1.33. The number of amides is 1. The van der Waals surface area contributed by atoms with Crippen LogP contribution in [-0.2, 0) is 4.74 Å². The highest BCUT2D eigenvalue weighted by atomic mass is 32.1. The fraction of sp³-hybridized carbons (Fsp3) is 0.111. The summed E-state index contributed by atoms with van der Waals surface area (Å²) in [6.07, 6.45) is 0. The first-order valence-electron chi connectivity index (χ1n) is 7.64. The molecule has 0 aliphatic heterocycles. The molecular formula is C18H15N3O3S2. The molecule has 0 aliphatic rings. The van der Waals surface area contributed by atoms with Crippen molar-refractivity contribution in [2.75, 3.05) is 12.4 Å². The van der Waals surface area contributed by atoms with E-state index in [9.17, 15) is 9.59 Å². The summed E-state index contributed by atoms with van der Waals surface area (Å²) < 4.78 is 5.52. The van der Waals surface area contributed by atoms with Gasteiger partial charge in [-0.05, 0) is 49.5 Å². The molecule has 0 saturated carbocycles. The minimum atomic E-state index is -0.407. The number of nitrogens with zero attached hydrogens (tertiary/aromatic N) is 1. The first kappa shape index (κ1) is 18.0. The molecule has 6 nitrogen and oxygen atoms in total. The molecule has 2 aromatic carbocycles.